The molecule has 28 heavy (non-hydrogen) atoms. The van der Waals surface area contributed by atoms with E-state index in [9.17, 15) is 4.79 Å². The normalized spacial score (nSPS) is 11.0. The van der Waals surface area contributed by atoms with Crippen LogP contribution in [0.4, 0.5) is 5.13 Å². The number of fused-ring (bicyclic) bond motifs is 1. The Kier molecular flexibility index (Phi) is 6.44. The molecule has 1 aromatic heterocycles. The molecule has 0 atom stereocenters. The smallest absolute Gasteiger partial charge is 0.311 e. The van der Waals surface area contributed by atoms with Gasteiger partial charge in [-0.15, -0.1) is 11.3 Å². The maximum Gasteiger partial charge on any atom is 0.311 e. The molecule has 3 aromatic rings. The number of benzene rings is 2. The minimum atomic E-state index is -0.294. The predicted molar refractivity (Wildman–Crippen MR) is 111 cm³/mol. The molecular formula is C20H21N3O4S. The van der Waals surface area contributed by atoms with Gasteiger partial charge in [0, 0.05) is 10.9 Å². The lowest BCUT2D eigenvalue weighted by Crippen LogP contribution is -2.07. The van der Waals surface area contributed by atoms with Crippen molar-refractivity contribution in [2.45, 2.75) is 13.3 Å². The standard InChI is InChI=1S/C20H21N3O4S/c1-4-27-19(24)9-14-12-28-20(22-14)23-21-11-17-16-10-15(25-2)7-5-13(16)6-8-18(17)26-3/h5-8,10-12H,4,9H2,1-3H3,(H,22,23). The number of hydrogen-bond donors (Lipinski definition) is 1. The van der Waals surface area contributed by atoms with Crippen LogP contribution in [0.3, 0.4) is 0 Å². The molecule has 1 heterocycles. The van der Waals surface area contributed by atoms with Gasteiger partial charge in [-0.25, -0.2) is 4.98 Å². The number of carbonyl (C=O) groups excluding carboxylic acids is 1. The minimum Gasteiger partial charge on any atom is -0.497 e. The number of nitrogens with one attached hydrogen (secondary N) is 1. The summed E-state index contributed by atoms with van der Waals surface area (Å²) >= 11 is 1.37. The third-order valence-corrected chi connectivity index (χ3v) is 4.78. The van der Waals surface area contributed by atoms with Crippen LogP contribution in [0.1, 0.15) is 18.2 Å². The molecular weight excluding hydrogens is 378 g/mol. The van der Waals surface area contributed by atoms with Crippen LogP contribution in [0.2, 0.25) is 0 Å². The molecule has 0 saturated heterocycles. The summed E-state index contributed by atoms with van der Waals surface area (Å²) in [6, 6.07) is 9.73. The van der Waals surface area contributed by atoms with E-state index in [1.54, 1.807) is 32.7 Å². The van der Waals surface area contributed by atoms with E-state index in [0.29, 0.717) is 23.2 Å². The number of carbonyl (C=O) groups is 1. The first-order chi connectivity index (χ1) is 13.6. The molecule has 0 amide bonds. The number of nitrogens with zero attached hydrogens (tertiary/aromatic N) is 2. The lowest BCUT2D eigenvalue weighted by Gasteiger charge is -2.10. The highest BCUT2D eigenvalue weighted by molar-refractivity contribution is 7.13. The molecule has 2 aromatic carbocycles. The summed E-state index contributed by atoms with van der Waals surface area (Å²) in [4.78, 5) is 15.9. The molecule has 0 aliphatic heterocycles. The average Bonchev–Trinajstić information content (AvgIpc) is 3.14. The molecule has 146 valence electrons. The second-order valence-corrected chi connectivity index (χ2v) is 6.62. The first kappa shape index (κ1) is 19.6. The summed E-state index contributed by atoms with van der Waals surface area (Å²) in [5, 5.41) is 8.70. The Morgan fingerprint density at radius 2 is 2.07 bits per heavy atom. The van der Waals surface area contributed by atoms with Crippen LogP contribution in [0.15, 0.2) is 40.8 Å². The van der Waals surface area contributed by atoms with E-state index in [1.165, 1.54) is 11.3 Å². The molecule has 0 aliphatic carbocycles. The molecule has 0 saturated carbocycles. The molecule has 0 bridgehead atoms. The summed E-state index contributed by atoms with van der Waals surface area (Å²) in [7, 11) is 3.25. The van der Waals surface area contributed by atoms with Crippen molar-refractivity contribution in [3.8, 4) is 11.5 Å². The molecule has 0 fully saturated rings. The Morgan fingerprint density at radius 1 is 1.25 bits per heavy atom. The van der Waals surface area contributed by atoms with Crippen LogP contribution >= 0.6 is 11.3 Å². The number of hydrazone groups is 1. The van der Waals surface area contributed by atoms with Crippen molar-refractivity contribution in [3.05, 3.63) is 47.0 Å². The highest BCUT2D eigenvalue weighted by Crippen LogP contribution is 2.29. The number of ether oxygens (including phenoxy) is 3. The Hall–Kier alpha value is -3.13. The molecule has 0 unspecified atom stereocenters. The van der Waals surface area contributed by atoms with Gasteiger partial charge in [0.05, 0.1) is 39.2 Å². The number of anilines is 1. The van der Waals surface area contributed by atoms with Crippen LogP contribution in [0.5, 0.6) is 11.5 Å². The average molecular weight is 399 g/mol. The minimum absolute atomic E-state index is 0.146. The van der Waals surface area contributed by atoms with Crippen LogP contribution in [-0.2, 0) is 16.0 Å². The van der Waals surface area contributed by atoms with Crippen molar-refractivity contribution in [1.82, 2.24) is 4.98 Å². The van der Waals surface area contributed by atoms with Gasteiger partial charge < -0.3 is 14.2 Å². The third kappa shape index (κ3) is 4.58. The van der Waals surface area contributed by atoms with Crippen molar-refractivity contribution < 1.29 is 19.0 Å². The summed E-state index contributed by atoms with van der Waals surface area (Å²) in [5.74, 6) is 1.16. The molecule has 1 N–H and O–H groups in total. The van der Waals surface area contributed by atoms with Gasteiger partial charge in [-0.2, -0.15) is 5.10 Å². The number of aromatic nitrogens is 1. The fourth-order valence-corrected chi connectivity index (χ4v) is 3.35. The molecule has 0 radical (unpaired) electrons. The van der Waals surface area contributed by atoms with Crippen LogP contribution in [0, 0.1) is 0 Å². The van der Waals surface area contributed by atoms with Crippen LogP contribution in [-0.4, -0.2) is 38.0 Å². The second-order valence-electron chi connectivity index (χ2n) is 5.76. The van der Waals surface area contributed by atoms with Gasteiger partial charge in [0.1, 0.15) is 11.5 Å². The number of esters is 1. The van der Waals surface area contributed by atoms with Gasteiger partial charge in [-0.05, 0) is 35.9 Å². The Morgan fingerprint density at radius 3 is 2.82 bits per heavy atom. The first-order valence-electron chi connectivity index (χ1n) is 8.68. The zero-order chi connectivity index (χ0) is 19.9. The highest BCUT2D eigenvalue weighted by Gasteiger charge is 2.09. The van der Waals surface area contributed by atoms with Gasteiger partial charge >= 0.3 is 5.97 Å². The number of hydrogen-bond acceptors (Lipinski definition) is 8. The maximum absolute atomic E-state index is 11.5. The van der Waals surface area contributed by atoms with Gasteiger partial charge in [0.25, 0.3) is 0 Å². The van der Waals surface area contributed by atoms with Crippen LogP contribution < -0.4 is 14.9 Å². The van der Waals surface area contributed by atoms with E-state index in [2.05, 4.69) is 15.5 Å². The summed E-state index contributed by atoms with van der Waals surface area (Å²) in [5.41, 5.74) is 4.38. The van der Waals surface area contributed by atoms with E-state index < -0.39 is 0 Å². The van der Waals surface area contributed by atoms with E-state index in [-0.39, 0.29) is 12.4 Å². The topological polar surface area (TPSA) is 82.0 Å². The molecule has 8 heteroatoms. The van der Waals surface area contributed by atoms with Gasteiger partial charge in [0.15, 0.2) is 0 Å². The Balaban J connectivity index is 1.79. The van der Waals surface area contributed by atoms with Gasteiger partial charge in [0.2, 0.25) is 5.13 Å². The second kappa shape index (κ2) is 9.18. The van der Waals surface area contributed by atoms with Crippen molar-refractivity contribution in [2.75, 3.05) is 26.3 Å². The zero-order valence-corrected chi connectivity index (χ0v) is 16.7. The Labute approximate surface area is 167 Å². The van der Waals surface area contributed by atoms with Crippen molar-refractivity contribution in [3.63, 3.8) is 0 Å². The van der Waals surface area contributed by atoms with Crippen molar-refractivity contribution >= 4 is 39.4 Å². The number of methoxy groups -OCH3 is 2. The number of rotatable bonds is 8. The highest BCUT2D eigenvalue weighted by atomic mass is 32.1. The van der Waals surface area contributed by atoms with Gasteiger partial charge in [-0.3, -0.25) is 10.2 Å². The summed E-state index contributed by atoms with van der Waals surface area (Å²) < 4.78 is 15.7. The molecule has 3 rings (SSSR count). The predicted octanol–water partition coefficient (Wildman–Crippen LogP) is 3.87. The van der Waals surface area contributed by atoms with E-state index >= 15 is 0 Å². The monoisotopic (exact) mass is 399 g/mol. The maximum atomic E-state index is 11.5. The third-order valence-electron chi connectivity index (χ3n) is 3.99. The lowest BCUT2D eigenvalue weighted by atomic mass is 10.0. The largest absolute Gasteiger partial charge is 0.497 e. The van der Waals surface area contributed by atoms with E-state index in [1.807, 2.05) is 30.3 Å². The zero-order valence-electron chi connectivity index (χ0n) is 15.9. The van der Waals surface area contributed by atoms with Crippen LogP contribution in [0.25, 0.3) is 10.8 Å². The SMILES string of the molecule is CCOC(=O)Cc1csc(NN=Cc2c(OC)ccc3ccc(OC)cc23)n1. The lowest BCUT2D eigenvalue weighted by molar-refractivity contribution is -0.142. The van der Waals surface area contributed by atoms with Gasteiger partial charge in [-0.1, -0.05) is 12.1 Å². The number of thiazole rings is 1. The van der Waals surface area contributed by atoms with E-state index in [4.69, 9.17) is 14.2 Å². The fourth-order valence-electron chi connectivity index (χ4n) is 2.69. The quantitative estimate of drug-likeness (QED) is 0.352. The Bertz CT molecular complexity index is 995. The molecule has 0 spiro atoms. The van der Waals surface area contributed by atoms with E-state index in [0.717, 1.165) is 22.1 Å². The first-order valence-corrected chi connectivity index (χ1v) is 9.56. The van der Waals surface area contributed by atoms with Crippen molar-refractivity contribution in [1.29, 1.82) is 0 Å². The summed E-state index contributed by atoms with van der Waals surface area (Å²) in [6.45, 7) is 2.13. The summed E-state index contributed by atoms with van der Waals surface area (Å²) in [6.07, 6.45) is 1.83. The fraction of sp³-hybridized carbons (Fsp3) is 0.250. The molecule has 0 aliphatic rings. The molecule has 7 nitrogen and oxygen atoms in total. The van der Waals surface area contributed by atoms with Crippen molar-refractivity contribution in [2.24, 2.45) is 5.10 Å².